The van der Waals surface area contributed by atoms with Crippen LogP contribution in [0.1, 0.15) is 20.3 Å². The maximum atomic E-state index is 10.6. The second-order valence-electron chi connectivity index (χ2n) is 4.46. The summed E-state index contributed by atoms with van der Waals surface area (Å²) in [5.74, 6) is 0.305. The highest BCUT2D eigenvalue weighted by Gasteiger charge is 2.28. The molecule has 0 aromatic heterocycles. The molecule has 4 heteroatoms. The maximum absolute atomic E-state index is 10.6. The fourth-order valence-electron chi connectivity index (χ4n) is 2.06. The van der Waals surface area contributed by atoms with Gasteiger partial charge < -0.3 is 16.0 Å². The number of carbonyl (C=O) groups is 1. The van der Waals surface area contributed by atoms with E-state index < -0.39 is 0 Å². The van der Waals surface area contributed by atoms with Crippen LogP contribution in [0.15, 0.2) is 0 Å². The summed E-state index contributed by atoms with van der Waals surface area (Å²) >= 11 is 0. The van der Waals surface area contributed by atoms with Crippen molar-refractivity contribution >= 4 is 5.91 Å². The van der Waals surface area contributed by atoms with E-state index in [-0.39, 0.29) is 5.91 Å². The van der Waals surface area contributed by atoms with Gasteiger partial charge in [-0.1, -0.05) is 6.92 Å². The van der Waals surface area contributed by atoms with Gasteiger partial charge in [0, 0.05) is 18.6 Å². The molecule has 0 saturated carbocycles. The Hall–Kier alpha value is -0.610. The molecule has 1 amide bonds. The number of nitrogens with one attached hydrogen (secondary N) is 1. The minimum atomic E-state index is -0.274. The van der Waals surface area contributed by atoms with Crippen molar-refractivity contribution in [2.75, 3.05) is 20.1 Å². The van der Waals surface area contributed by atoms with Crippen molar-refractivity contribution in [1.82, 2.24) is 10.2 Å². The van der Waals surface area contributed by atoms with Crippen LogP contribution in [0.3, 0.4) is 0 Å². The highest BCUT2D eigenvalue weighted by Crippen LogP contribution is 2.20. The van der Waals surface area contributed by atoms with Gasteiger partial charge in [0.25, 0.3) is 0 Å². The molecule has 3 atom stereocenters. The Morgan fingerprint density at radius 3 is 2.79 bits per heavy atom. The number of primary amides is 1. The molecule has 0 aliphatic carbocycles. The van der Waals surface area contributed by atoms with Gasteiger partial charge in [0.15, 0.2) is 0 Å². The lowest BCUT2D eigenvalue weighted by molar-refractivity contribution is -0.117. The van der Waals surface area contributed by atoms with Gasteiger partial charge in [-0.25, -0.2) is 0 Å². The second kappa shape index (κ2) is 4.75. The first-order chi connectivity index (χ1) is 6.50. The van der Waals surface area contributed by atoms with E-state index in [1.807, 2.05) is 0 Å². The van der Waals surface area contributed by atoms with E-state index in [9.17, 15) is 4.79 Å². The van der Waals surface area contributed by atoms with Gasteiger partial charge in [0.1, 0.15) is 0 Å². The number of nitrogens with two attached hydrogens (primary N) is 1. The summed E-state index contributed by atoms with van der Waals surface area (Å²) in [7, 11) is 2.14. The Balaban J connectivity index is 2.40. The molecule has 0 spiro atoms. The molecule has 0 bridgehead atoms. The maximum Gasteiger partial charge on any atom is 0.231 e. The summed E-state index contributed by atoms with van der Waals surface area (Å²) < 4.78 is 0. The van der Waals surface area contributed by atoms with Crippen LogP contribution in [0.25, 0.3) is 0 Å². The van der Waals surface area contributed by atoms with Crippen LogP contribution in [0.4, 0.5) is 0 Å². The van der Waals surface area contributed by atoms with E-state index in [4.69, 9.17) is 5.73 Å². The van der Waals surface area contributed by atoms with Crippen molar-refractivity contribution in [2.45, 2.75) is 32.4 Å². The number of nitrogens with zero attached hydrogens (tertiary/aromatic N) is 1. The molecule has 82 valence electrons. The van der Waals surface area contributed by atoms with Gasteiger partial charge in [-0.3, -0.25) is 4.79 Å². The molecule has 1 aliphatic rings. The van der Waals surface area contributed by atoms with Gasteiger partial charge >= 0.3 is 0 Å². The minimum Gasteiger partial charge on any atom is -0.369 e. The van der Waals surface area contributed by atoms with Crippen LogP contribution in [0.2, 0.25) is 0 Å². The normalized spacial score (nSPS) is 34.4. The van der Waals surface area contributed by atoms with Gasteiger partial charge in [-0.2, -0.15) is 0 Å². The van der Waals surface area contributed by atoms with Crippen molar-refractivity contribution in [1.29, 1.82) is 0 Å². The predicted octanol–water partition coefficient (Wildman–Crippen LogP) is -0.210. The predicted molar refractivity (Wildman–Crippen MR) is 56.9 cm³/mol. The van der Waals surface area contributed by atoms with Crippen LogP contribution in [0.5, 0.6) is 0 Å². The second-order valence-corrected chi connectivity index (χ2v) is 4.46. The van der Waals surface area contributed by atoms with E-state index in [0.717, 1.165) is 13.0 Å². The van der Waals surface area contributed by atoms with E-state index in [0.29, 0.717) is 24.5 Å². The molecular formula is C10H21N3O. The highest BCUT2D eigenvalue weighted by atomic mass is 16.1. The molecule has 1 fully saturated rings. The lowest BCUT2D eigenvalue weighted by Gasteiger charge is -2.39. The van der Waals surface area contributed by atoms with E-state index in [1.54, 1.807) is 0 Å². The van der Waals surface area contributed by atoms with Gasteiger partial charge in [-0.05, 0) is 26.3 Å². The zero-order chi connectivity index (χ0) is 10.7. The molecule has 0 radical (unpaired) electrons. The minimum absolute atomic E-state index is 0.274. The molecule has 1 rings (SSSR count). The lowest BCUT2D eigenvalue weighted by atomic mass is 9.90. The number of piperidine rings is 1. The summed E-state index contributed by atoms with van der Waals surface area (Å²) in [4.78, 5) is 13.0. The number of likely N-dealkylation sites (tertiary alicyclic amines) is 1. The molecular weight excluding hydrogens is 178 g/mol. The average molecular weight is 199 g/mol. The number of hydrogen-bond acceptors (Lipinski definition) is 3. The third-order valence-electron chi connectivity index (χ3n) is 3.15. The molecule has 1 heterocycles. The number of amides is 1. The molecule has 1 saturated heterocycles. The Labute approximate surface area is 85.8 Å². The Bertz CT molecular complexity index is 208. The van der Waals surface area contributed by atoms with E-state index in [2.05, 4.69) is 31.1 Å². The van der Waals surface area contributed by atoms with Crippen molar-refractivity contribution in [3.8, 4) is 0 Å². The number of carbonyl (C=O) groups excluding carboxylic acids is 1. The standard InChI is InChI=1S/C10H21N3O/c1-7-6-13(3)8(2)4-9(7)12-5-10(11)14/h7-9,12H,4-6H2,1-3H3,(H2,11,14). The molecule has 1 aliphatic heterocycles. The SMILES string of the molecule is CC1CN(C)C(C)CC1NCC(N)=O. The Kier molecular flexibility index (Phi) is 3.89. The topological polar surface area (TPSA) is 58.4 Å². The van der Waals surface area contributed by atoms with E-state index >= 15 is 0 Å². The quantitative estimate of drug-likeness (QED) is 0.661. The van der Waals surface area contributed by atoms with Crippen molar-refractivity contribution in [3.05, 3.63) is 0 Å². The molecule has 14 heavy (non-hydrogen) atoms. The first-order valence-corrected chi connectivity index (χ1v) is 5.22. The largest absolute Gasteiger partial charge is 0.369 e. The number of hydrogen-bond donors (Lipinski definition) is 2. The van der Waals surface area contributed by atoms with Crippen molar-refractivity contribution < 1.29 is 4.79 Å². The average Bonchev–Trinajstić information content (AvgIpc) is 2.09. The van der Waals surface area contributed by atoms with E-state index in [1.165, 1.54) is 0 Å². The van der Waals surface area contributed by atoms with Crippen LogP contribution in [-0.4, -0.2) is 43.0 Å². The first kappa shape index (κ1) is 11.5. The molecule has 0 aromatic rings. The first-order valence-electron chi connectivity index (χ1n) is 5.22. The Morgan fingerprint density at radius 1 is 1.57 bits per heavy atom. The summed E-state index contributed by atoms with van der Waals surface area (Å²) in [6, 6.07) is 1.00. The van der Waals surface area contributed by atoms with Crippen LogP contribution in [0, 0.1) is 5.92 Å². The zero-order valence-corrected chi connectivity index (χ0v) is 9.29. The fraction of sp³-hybridized carbons (Fsp3) is 0.900. The van der Waals surface area contributed by atoms with Crippen molar-refractivity contribution in [3.63, 3.8) is 0 Å². The molecule has 0 aromatic carbocycles. The van der Waals surface area contributed by atoms with Gasteiger partial charge in [0.05, 0.1) is 6.54 Å². The fourth-order valence-corrected chi connectivity index (χ4v) is 2.06. The molecule has 3 N–H and O–H groups in total. The smallest absolute Gasteiger partial charge is 0.231 e. The summed E-state index contributed by atoms with van der Waals surface area (Å²) in [5.41, 5.74) is 5.11. The Morgan fingerprint density at radius 2 is 2.21 bits per heavy atom. The summed E-state index contributed by atoms with van der Waals surface area (Å²) in [5, 5.41) is 3.22. The van der Waals surface area contributed by atoms with Crippen LogP contribution in [-0.2, 0) is 4.79 Å². The van der Waals surface area contributed by atoms with Crippen molar-refractivity contribution in [2.24, 2.45) is 11.7 Å². The monoisotopic (exact) mass is 199 g/mol. The van der Waals surface area contributed by atoms with Gasteiger partial charge in [0.2, 0.25) is 5.91 Å². The van der Waals surface area contributed by atoms with Gasteiger partial charge in [-0.15, -0.1) is 0 Å². The zero-order valence-electron chi connectivity index (χ0n) is 9.29. The summed E-state index contributed by atoms with van der Waals surface area (Å²) in [6.07, 6.45) is 1.09. The summed E-state index contributed by atoms with van der Waals surface area (Å²) in [6.45, 7) is 5.80. The third-order valence-corrected chi connectivity index (χ3v) is 3.15. The molecule has 3 unspecified atom stereocenters. The van der Waals surface area contributed by atoms with Crippen LogP contribution < -0.4 is 11.1 Å². The van der Waals surface area contributed by atoms with Crippen LogP contribution >= 0.6 is 0 Å². The lowest BCUT2D eigenvalue weighted by Crippen LogP contribution is -2.52. The molecule has 4 nitrogen and oxygen atoms in total. The highest BCUT2D eigenvalue weighted by molar-refractivity contribution is 5.75. The number of rotatable bonds is 3. The third kappa shape index (κ3) is 2.96.